The topological polar surface area (TPSA) is 140 Å². The van der Waals surface area contributed by atoms with E-state index in [1.807, 2.05) is 18.2 Å². The van der Waals surface area contributed by atoms with Gasteiger partial charge in [0.25, 0.3) is 5.69 Å². The average Bonchev–Trinajstić information content (AvgIpc) is 3.27. The van der Waals surface area contributed by atoms with Crippen LogP contribution in [0.5, 0.6) is 11.5 Å². The smallest absolute Gasteiger partial charge is 0.269 e. The average molecular weight is 433 g/mol. The highest BCUT2D eigenvalue weighted by atomic mass is 16.6. The largest absolute Gasteiger partial charge is 0.497 e. The van der Waals surface area contributed by atoms with Gasteiger partial charge in [-0.2, -0.15) is 4.98 Å². The number of pyridine rings is 1. The van der Waals surface area contributed by atoms with Gasteiger partial charge >= 0.3 is 0 Å². The van der Waals surface area contributed by atoms with Crippen LogP contribution >= 0.6 is 0 Å². The van der Waals surface area contributed by atoms with Crippen molar-refractivity contribution in [1.29, 1.82) is 0 Å². The van der Waals surface area contributed by atoms with Crippen molar-refractivity contribution in [1.82, 2.24) is 20.2 Å². The van der Waals surface area contributed by atoms with E-state index in [4.69, 9.17) is 9.47 Å². The molecular weight excluding hydrogens is 414 g/mol. The summed E-state index contributed by atoms with van der Waals surface area (Å²) in [6.45, 7) is 0. The molecule has 0 amide bonds. The third-order valence-electron chi connectivity index (χ3n) is 4.50. The van der Waals surface area contributed by atoms with Gasteiger partial charge in [0.05, 0.1) is 24.7 Å². The lowest BCUT2D eigenvalue weighted by Gasteiger charge is -2.12. The van der Waals surface area contributed by atoms with E-state index >= 15 is 0 Å². The highest BCUT2D eigenvalue weighted by Crippen LogP contribution is 2.31. The first-order valence-electron chi connectivity index (χ1n) is 9.45. The van der Waals surface area contributed by atoms with Gasteiger partial charge in [0.2, 0.25) is 5.95 Å². The Morgan fingerprint density at radius 1 is 0.969 bits per heavy atom. The van der Waals surface area contributed by atoms with Crippen LogP contribution in [-0.4, -0.2) is 39.3 Å². The van der Waals surface area contributed by atoms with Gasteiger partial charge < -0.3 is 20.1 Å². The number of H-pyrrole nitrogens is 1. The number of anilines is 4. The maximum Gasteiger partial charge on any atom is 0.269 e. The fourth-order valence-corrected chi connectivity index (χ4v) is 2.95. The third kappa shape index (κ3) is 4.56. The molecule has 0 fully saturated rings. The van der Waals surface area contributed by atoms with Crippen LogP contribution in [0.1, 0.15) is 0 Å². The fourth-order valence-electron chi connectivity index (χ4n) is 2.95. The van der Waals surface area contributed by atoms with Gasteiger partial charge in [0.1, 0.15) is 17.3 Å². The molecule has 2 aromatic heterocycles. The highest BCUT2D eigenvalue weighted by Gasteiger charge is 2.13. The summed E-state index contributed by atoms with van der Waals surface area (Å²) in [4.78, 5) is 19.2. The lowest BCUT2D eigenvalue weighted by atomic mass is 10.2. The Morgan fingerprint density at radius 2 is 1.69 bits per heavy atom. The molecule has 4 aromatic rings. The number of methoxy groups -OCH3 is 2. The molecule has 0 aliphatic rings. The molecular formula is C21H19N7O4. The lowest BCUT2D eigenvalue weighted by molar-refractivity contribution is -0.384. The molecule has 2 heterocycles. The first-order valence-corrected chi connectivity index (χ1v) is 9.45. The minimum Gasteiger partial charge on any atom is -0.497 e. The molecule has 2 aromatic carbocycles. The Hall–Kier alpha value is -4.67. The van der Waals surface area contributed by atoms with Gasteiger partial charge in [0, 0.05) is 47.9 Å². The maximum absolute atomic E-state index is 10.8. The maximum atomic E-state index is 10.8. The summed E-state index contributed by atoms with van der Waals surface area (Å²) in [7, 11) is 3.16. The van der Waals surface area contributed by atoms with E-state index in [2.05, 4.69) is 30.8 Å². The van der Waals surface area contributed by atoms with Crippen molar-refractivity contribution in [2.75, 3.05) is 24.9 Å². The summed E-state index contributed by atoms with van der Waals surface area (Å²) < 4.78 is 10.6. The molecule has 0 bridgehead atoms. The van der Waals surface area contributed by atoms with Crippen LogP contribution in [0.3, 0.4) is 0 Å². The van der Waals surface area contributed by atoms with E-state index in [0.717, 1.165) is 5.69 Å². The number of nitro groups is 1. The van der Waals surface area contributed by atoms with Crippen LogP contribution in [0.2, 0.25) is 0 Å². The van der Waals surface area contributed by atoms with Crippen molar-refractivity contribution in [3.8, 4) is 22.9 Å². The molecule has 11 heteroatoms. The van der Waals surface area contributed by atoms with Gasteiger partial charge in [-0.05, 0) is 24.3 Å². The van der Waals surface area contributed by atoms with Gasteiger partial charge in [-0.25, -0.2) is 4.98 Å². The second-order valence-corrected chi connectivity index (χ2v) is 6.56. The summed E-state index contributed by atoms with van der Waals surface area (Å²) >= 11 is 0. The summed E-state index contributed by atoms with van der Waals surface area (Å²) in [5, 5.41) is 24.1. The van der Waals surface area contributed by atoms with Crippen LogP contribution in [0, 0.1) is 10.1 Å². The van der Waals surface area contributed by atoms with E-state index < -0.39 is 4.92 Å². The zero-order chi connectivity index (χ0) is 22.5. The Kier molecular flexibility index (Phi) is 5.79. The molecule has 3 N–H and O–H groups in total. The number of non-ortho nitro benzene ring substituents is 1. The minimum absolute atomic E-state index is 0.00600. The van der Waals surface area contributed by atoms with E-state index in [1.165, 1.54) is 12.1 Å². The molecule has 11 nitrogen and oxygen atoms in total. The second-order valence-electron chi connectivity index (χ2n) is 6.56. The molecule has 0 saturated heterocycles. The van der Waals surface area contributed by atoms with Crippen molar-refractivity contribution in [2.24, 2.45) is 0 Å². The standard InChI is InChI=1S/C21H19N7O4/c1-31-16-10-14(11-17(12-16)32-2)23-19-18(4-3-9-22-19)20-25-21(27-26-20)24-13-5-7-15(8-6-13)28(29)30/h3-12H,1-2H3,(H,22,23)(H2,24,25,26,27). The number of nitro benzene ring substituents is 1. The van der Waals surface area contributed by atoms with Crippen molar-refractivity contribution in [3.05, 3.63) is 70.9 Å². The summed E-state index contributed by atoms with van der Waals surface area (Å²) in [5.74, 6) is 2.63. The van der Waals surface area contributed by atoms with Crippen molar-refractivity contribution in [2.45, 2.75) is 0 Å². The van der Waals surface area contributed by atoms with Crippen LogP contribution in [0.4, 0.5) is 28.8 Å². The quantitative estimate of drug-likeness (QED) is 0.274. The Morgan fingerprint density at radius 3 is 2.34 bits per heavy atom. The summed E-state index contributed by atoms with van der Waals surface area (Å²) in [6, 6.07) is 15.0. The molecule has 0 atom stereocenters. The molecule has 0 spiro atoms. The van der Waals surface area contributed by atoms with E-state index in [-0.39, 0.29) is 5.69 Å². The molecule has 0 saturated carbocycles. The van der Waals surface area contributed by atoms with Crippen molar-refractivity contribution < 1.29 is 14.4 Å². The number of nitrogens with one attached hydrogen (secondary N) is 3. The first kappa shape index (κ1) is 20.6. The predicted molar refractivity (Wildman–Crippen MR) is 119 cm³/mol. The molecule has 0 aliphatic carbocycles. The third-order valence-corrected chi connectivity index (χ3v) is 4.50. The molecule has 32 heavy (non-hydrogen) atoms. The molecule has 0 radical (unpaired) electrons. The number of ether oxygens (including phenoxy) is 2. The van der Waals surface area contributed by atoms with E-state index in [9.17, 15) is 10.1 Å². The number of rotatable bonds is 8. The van der Waals surface area contributed by atoms with Gasteiger partial charge in [-0.15, -0.1) is 5.10 Å². The van der Waals surface area contributed by atoms with Crippen molar-refractivity contribution >= 4 is 28.8 Å². The van der Waals surface area contributed by atoms with Gasteiger partial charge in [0.15, 0.2) is 5.82 Å². The van der Waals surface area contributed by atoms with Crippen LogP contribution < -0.4 is 20.1 Å². The predicted octanol–water partition coefficient (Wildman–Crippen LogP) is 4.28. The van der Waals surface area contributed by atoms with Crippen LogP contribution in [-0.2, 0) is 0 Å². The summed E-state index contributed by atoms with van der Waals surface area (Å²) in [5.41, 5.74) is 2.05. The van der Waals surface area contributed by atoms with Crippen molar-refractivity contribution in [3.63, 3.8) is 0 Å². The molecule has 4 rings (SSSR count). The number of hydrogen-bond donors (Lipinski definition) is 3. The lowest BCUT2D eigenvalue weighted by Crippen LogP contribution is -1.98. The monoisotopic (exact) mass is 433 g/mol. The van der Waals surface area contributed by atoms with Gasteiger partial charge in [-0.1, -0.05) is 0 Å². The number of nitrogens with zero attached hydrogens (tertiary/aromatic N) is 4. The number of aromatic amines is 1. The molecule has 0 unspecified atom stereocenters. The van der Waals surface area contributed by atoms with Gasteiger partial charge in [-0.3, -0.25) is 15.2 Å². The number of hydrogen-bond acceptors (Lipinski definition) is 9. The second kappa shape index (κ2) is 9.00. The summed E-state index contributed by atoms with van der Waals surface area (Å²) in [6.07, 6.45) is 1.66. The number of aromatic nitrogens is 4. The van der Waals surface area contributed by atoms with Crippen LogP contribution in [0.25, 0.3) is 11.4 Å². The van der Waals surface area contributed by atoms with E-state index in [1.54, 1.807) is 44.7 Å². The first-order chi connectivity index (χ1) is 15.6. The normalized spacial score (nSPS) is 10.4. The highest BCUT2D eigenvalue weighted by molar-refractivity contribution is 5.75. The molecule has 0 aliphatic heterocycles. The Bertz CT molecular complexity index is 1220. The minimum atomic E-state index is -0.455. The zero-order valence-corrected chi connectivity index (χ0v) is 17.2. The van der Waals surface area contributed by atoms with Crippen LogP contribution in [0.15, 0.2) is 60.8 Å². The number of benzene rings is 2. The zero-order valence-electron chi connectivity index (χ0n) is 17.2. The van der Waals surface area contributed by atoms with E-state index in [0.29, 0.717) is 40.3 Å². The fraction of sp³-hybridized carbons (Fsp3) is 0.0952. The Labute approximate surface area is 182 Å². The SMILES string of the molecule is COc1cc(Nc2ncccc2-c2nc(Nc3ccc([N+](=O)[O-])cc3)n[nH]2)cc(OC)c1. The Balaban J connectivity index is 1.57. The molecule has 162 valence electrons.